The van der Waals surface area contributed by atoms with E-state index in [0.29, 0.717) is 12.8 Å². The summed E-state index contributed by atoms with van der Waals surface area (Å²) in [5.74, 6) is -4.23. The molecule has 0 aliphatic carbocycles. The molecular formula is C11H18O5. The van der Waals surface area contributed by atoms with Gasteiger partial charge in [0.25, 0.3) is 0 Å². The highest BCUT2D eigenvalue weighted by molar-refractivity contribution is 5.82. The molecule has 0 aromatic carbocycles. The number of hydrogen-bond acceptors (Lipinski definition) is 3. The Labute approximate surface area is 94.4 Å². The fourth-order valence-corrected chi connectivity index (χ4v) is 1.94. The van der Waals surface area contributed by atoms with Gasteiger partial charge in [-0.2, -0.15) is 0 Å². The standard InChI is InChI=1S/C11H18O5/c1-4-11(5-2,6-3)7(9(13)14)8(12)10(15)16/h4,7-8,12H,1,5-6H2,2-3H3,(H,13,14)(H,15,16). The topological polar surface area (TPSA) is 94.8 Å². The average molecular weight is 230 g/mol. The van der Waals surface area contributed by atoms with Gasteiger partial charge in [0, 0.05) is 5.41 Å². The van der Waals surface area contributed by atoms with E-state index in [1.54, 1.807) is 13.8 Å². The summed E-state index contributed by atoms with van der Waals surface area (Å²) in [6.07, 6.45) is 0.330. The summed E-state index contributed by atoms with van der Waals surface area (Å²) in [4.78, 5) is 21.8. The molecule has 0 bridgehead atoms. The van der Waals surface area contributed by atoms with E-state index in [-0.39, 0.29) is 0 Å². The van der Waals surface area contributed by atoms with Crippen molar-refractivity contribution in [3.8, 4) is 0 Å². The zero-order chi connectivity index (χ0) is 12.9. The summed E-state index contributed by atoms with van der Waals surface area (Å²) in [5, 5.41) is 27.2. The van der Waals surface area contributed by atoms with E-state index >= 15 is 0 Å². The fourth-order valence-electron chi connectivity index (χ4n) is 1.94. The molecule has 0 rings (SSSR count). The summed E-state index contributed by atoms with van der Waals surface area (Å²) in [7, 11) is 0. The van der Waals surface area contributed by atoms with Gasteiger partial charge < -0.3 is 15.3 Å². The summed E-state index contributed by atoms with van der Waals surface area (Å²) in [6.45, 7) is 7.04. The third-order valence-electron chi connectivity index (χ3n) is 3.18. The van der Waals surface area contributed by atoms with Crippen molar-refractivity contribution in [2.75, 3.05) is 0 Å². The normalized spacial score (nSPS) is 15.2. The Morgan fingerprint density at radius 3 is 1.88 bits per heavy atom. The number of rotatable bonds is 7. The largest absolute Gasteiger partial charge is 0.481 e. The minimum Gasteiger partial charge on any atom is -0.481 e. The second-order valence-corrected chi connectivity index (χ2v) is 3.74. The van der Waals surface area contributed by atoms with E-state index in [9.17, 15) is 14.7 Å². The van der Waals surface area contributed by atoms with Crippen LogP contribution in [-0.4, -0.2) is 33.4 Å². The predicted octanol–water partition coefficient (Wildman–Crippen LogP) is 1.13. The highest BCUT2D eigenvalue weighted by atomic mass is 16.4. The molecule has 0 radical (unpaired) electrons. The maximum atomic E-state index is 11.1. The highest BCUT2D eigenvalue weighted by Crippen LogP contribution is 2.38. The Morgan fingerprint density at radius 1 is 1.25 bits per heavy atom. The minimum atomic E-state index is -1.92. The molecule has 0 amide bonds. The molecule has 0 aliphatic heterocycles. The van der Waals surface area contributed by atoms with Crippen molar-refractivity contribution in [2.24, 2.45) is 11.3 Å². The smallest absolute Gasteiger partial charge is 0.333 e. The van der Waals surface area contributed by atoms with Gasteiger partial charge in [-0.3, -0.25) is 4.79 Å². The average Bonchev–Trinajstić information content (AvgIpc) is 2.24. The van der Waals surface area contributed by atoms with Gasteiger partial charge in [0.15, 0.2) is 6.10 Å². The maximum Gasteiger partial charge on any atom is 0.333 e. The number of hydrogen-bond donors (Lipinski definition) is 3. The fraction of sp³-hybridized carbons (Fsp3) is 0.636. The van der Waals surface area contributed by atoms with Gasteiger partial charge in [-0.15, -0.1) is 6.58 Å². The molecule has 2 atom stereocenters. The van der Waals surface area contributed by atoms with Crippen molar-refractivity contribution >= 4 is 11.9 Å². The summed E-state index contributed by atoms with van der Waals surface area (Å²) < 4.78 is 0. The Kier molecular flexibility index (Phi) is 5.17. The summed E-state index contributed by atoms with van der Waals surface area (Å²) in [6, 6.07) is 0. The third kappa shape index (κ3) is 2.61. The Morgan fingerprint density at radius 2 is 1.69 bits per heavy atom. The van der Waals surface area contributed by atoms with Gasteiger partial charge in [0.1, 0.15) is 5.92 Å². The van der Waals surface area contributed by atoms with Crippen molar-refractivity contribution in [2.45, 2.75) is 32.8 Å². The number of aliphatic hydroxyl groups is 1. The van der Waals surface area contributed by atoms with Gasteiger partial charge in [-0.05, 0) is 12.8 Å². The lowest BCUT2D eigenvalue weighted by atomic mass is 9.69. The second kappa shape index (κ2) is 5.65. The van der Waals surface area contributed by atoms with Gasteiger partial charge >= 0.3 is 11.9 Å². The maximum absolute atomic E-state index is 11.1. The molecule has 0 saturated carbocycles. The molecule has 0 aromatic heterocycles. The number of aliphatic carboxylic acids is 2. The number of carboxylic acid groups (broad SMARTS) is 2. The van der Waals surface area contributed by atoms with E-state index in [1.807, 2.05) is 0 Å². The zero-order valence-corrected chi connectivity index (χ0v) is 9.51. The molecule has 0 heterocycles. The molecule has 5 nitrogen and oxygen atoms in total. The van der Waals surface area contributed by atoms with Gasteiger partial charge in [-0.1, -0.05) is 19.9 Å². The molecule has 5 heteroatoms. The lowest BCUT2D eigenvalue weighted by Crippen LogP contribution is -2.45. The van der Waals surface area contributed by atoms with Crippen LogP contribution in [0.15, 0.2) is 12.7 Å². The molecule has 0 spiro atoms. The van der Waals surface area contributed by atoms with E-state index in [1.165, 1.54) is 6.08 Å². The molecule has 0 fully saturated rings. The lowest BCUT2D eigenvalue weighted by Gasteiger charge is -2.35. The Hall–Kier alpha value is -1.36. The number of carbonyl (C=O) groups is 2. The van der Waals surface area contributed by atoms with E-state index in [0.717, 1.165) is 0 Å². The van der Waals surface area contributed by atoms with Crippen molar-refractivity contribution in [3.63, 3.8) is 0 Å². The molecule has 0 aromatic rings. The molecule has 0 saturated heterocycles. The van der Waals surface area contributed by atoms with Gasteiger partial charge in [0.2, 0.25) is 0 Å². The van der Waals surface area contributed by atoms with Gasteiger partial charge in [-0.25, -0.2) is 4.79 Å². The van der Waals surface area contributed by atoms with Crippen LogP contribution in [0.25, 0.3) is 0 Å². The first-order chi connectivity index (χ1) is 7.36. The van der Waals surface area contributed by atoms with Crippen LogP contribution in [0.4, 0.5) is 0 Å². The lowest BCUT2D eigenvalue weighted by molar-refractivity contribution is -0.165. The minimum absolute atomic E-state index is 0.411. The van der Waals surface area contributed by atoms with Crippen LogP contribution >= 0.6 is 0 Å². The molecule has 92 valence electrons. The van der Waals surface area contributed by atoms with Gasteiger partial charge in [0.05, 0.1) is 0 Å². The van der Waals surface area contributed by atoms with E-state index in [2.05, 4.69) is 6.58 Å². The van der Waals surface area contributed by atoms with Crippen LogP contribution in [0, 0.1) is 11.3 Å². The molecule has 16 heavy (non-hydrogen) atoms. The van der Waals surface area contributed by atoms with Crippen LogP contribution in [0.2, 0.25) is 0 Å². The zero-order valence-electron chi connectivity index (χ0n) is 9.51. The Balaban J connectivity index is 5.40. The second-order valence-electron chi connectivity index (χ2n) is 3.74. The Bertz CT molecular complexity index is 280. The molecular weight excluding hydrogens is 212 g/mol. The van der Waals surface area contributed by atoms with Crippen LogP contribution in [0.3, 0.4) is 0 Å². The molecule has 2 unspecified atom stereocenters. The van der Waals surface area contributed by atoms with Crippen molar-refractivity contribution in [1.82, 2.24) is 0 Å². The van der Waals surface area contributed by atoms with Crippen LogP contribution in [0.1, 0.15) is 26.7 Å². The van der Waals surface area contributed by atoms with Crippen molar-refractivity contribution in [1.29, 1.82) is 0 Å². The third-order valence-corrected chi connectivity index (χ3v) is 3.18. The van der Waals surface area contributed by atoms with E-state index in [4.69, 9.17) is 10.2 Å². The van der Waals surface area contributed by atoms with Crippen molar-refractivity contribution < 1.29 is 24.9 Å². The number of aliphatic hydroxyl groups excluding tert-OH is 1. The quantitative estimate of drug-likeness (QED) is 0.570. The summed E-state index contributed by atoms with van der Waals surface area (Å²) in [5.41, 5.74) is -0.899. The molecule has 3 N–H and O–H groups in total. The monoisotopic (exact) mass is 230 g/mol. The number of carboxylic acids is 2. The van der Waals surface area contributed by atoms with Crippen molar-refractivity contribution in [3.05, 3.63) is 12.7 Å². The first-order valence-electron chi connectivity index (χ1n) is 5.13. The van der Waals surface area contributed by atoms with Crippen LogP contribution in [0.5, 0.6) is 0 Å². The number of allylic oxidation sites excluding steroid dienone is 1. The van der Waals surface area contributed by atoms with Crippen LogP contribution in [-0.2, 0) is 9.59 Å². The highest BCUT2D eigenvalue weighted by Gasteiger charge is 2.45. The summed E-state index contributed by atoms with van der Waals surface area (Å²) >= 11 is 0. The first-order valence-corrected chi connectivity index (χ1v) is 5.13. The van der Waals surface area contributed by atoms with E-state index < -0.39 is 29.4 Å². The first kappa shape index (κ1) is 14.6. The van der Waals surface area contributed by atoms with Crippen LogP contribution < -0.4 is 0 Å². The molecule has 0 aliphatic rings. The predicted molar refractivity (Wildman–Crippen MR) is 58.0 cm³/mol. The SMILES string of the molecule is C=CC(CC)(CC)C(C(=O)O)C(O)C(=O)O.